The molecule has 1 heterocycles. The summed E-state index contributed by atoms with van der Waals surface area (Å²) in [6.07, 6.45) is 3.92. The Balaban J connectivity index is 2.90. The molecule has 0 aliphatic carbocycles. The molecule has 1 rings (SSSR count). The third-order valence-electron chi connectivity index (χ3n) is 3.04. The number of hydrogen-bond donors (Lipinski definition) is 1. The Morgan fingerprint density at radius 1 is 1.50 bits per heavy atom. The van der Waals surface area contributed by atoms with Crippen molar-refractivity contribution >= 4 is 0 Å². The maximum absolute atomic E-state index is 5.42. The Bertz CT molecular complexity index is 349. The molecule has 0 saturated carbocycles. The Hall–Kier alpha value is -1.07. The number of hydrogen-bond acceptors (Lipinski definition) is 4. The summed E-state index contributed by atoms with van der Waals surface area (Å²) >= 11 is 0. The molecule has 5 heteroatoms. The zero-order valence-corrected chi connectivity index (χ0v) is 12.2. The minimum Gasteiger partial charge on any atom is -0.493 e. The number of nitrogens with one attached hydrogen (secondary N) is 1. The van der Waals surface area contributed by atoms with E-state index in [0.29, 0.717) is 0 Å². The lowest BCUT2D eigenvalue weighted by Gasteiger charge is -2.21. The fourth-order valence-electron chi connectivity index (χ4n) is 2.08. The molecule has 104 valence electrons. The van der Waals surface area contributed by atoms with Gasteiger partial charge in [0.05, 0.1) is 25.0 Å². The molecule has 0 aliphatic rings. The molecule has 0 saturated heterocycles. The van der Waals surface area contributed by atoms with Gasteiger partial charge >= 0.3 is 0 Å². The summed E-state index contributed by atoms with van der Waals surface area (Å²) in [5.74, 6) is 0.876. The average Bonchev–Trinajstić information content (AvgIpc) is 2.74. The maximum atomic E-state index is 5.42. The number of ether oxygens (including phenoxy) is 1. The number of methoxy groups -OCH3 is 1. The van der Waals surface area contributed by atoms with Gasteiger partial charge in [0.1, 0.15) is 0 Å². The van der Waals surface area contributed by atoms with Gasteiger partial charge in [-0.3, -0.25) is 4.68 Å². The van der Waals surface area contributed by atoms with Crippen molar-refractivity contribution in [2.24, 2.45) is 0 Å². The third-order valence-corrected chi connectivity index (χ3v) is 3.04. The smallest absolute Gasteiger partial charge is 0.161 e. The lowest BCUT2D eigenvalue weighted by molar-refractivity contribution is 0.347. The molecule has 0 aromatic carbocycles. The lowest BCUT2D eigenvalue weighted by atomic mass is 10.1. The van der Waals surface area contributed by atoms with E-state index in [1.807, 2.05) is 13.2 Å². The molecule has 1 atom stereocenters. The van der Waals surface area contributed by atoms with Crippen molar-refractivity contribution in [1.29, 1.82) is 0 Å². The predicted molar refractivity (Wildman–Crippen MR) is 74.0 cm³/mol. The van der Waals surface area contributed by atoms with Crippen LogP contribution in [-0.4, -0.2) is 49.5 Å². The van der Waals surface area contributed by atoms with E-state index in [-0.39, 0.29) is 6.04 Å². The van der Waals surface area contributed by atoms with Crippen LogP contribution in [0.25, 0.3) is 0 Å². The Kier molecular flexibility index (Phi) is 6.15. The van der Waals surface area contributed by atoms with Crippen molar-refractivity contribution in [3.05, 3.63) is 11.9 Å². The van der Waals surface area contributed by atoms with Crippen LogP contribution in [0.1, 0.15) is 31.5 Å². The Morgan fingerprint density at radius 3 is 2.72 bits per heavy atom. The van der Waals surface area contributed by atoms with Gasteiger partial charge in [-0.25, -0.2) is 0 Å². The van der Waals surface area contributed by atoms with Crippen molar-refractivity contribution in [1.82, 2.24) is 20.0 Å². The first-order chi connectivity index (χ1) is 8.63. The number of rotatable bonds is 8. The summed E-state index contributed by atoms with van der Waals surface area (Å²) in [6, 6.07) is 0.274. The van der Waals surface area contributed by atoms with Gasteiger partial charge < -0.3 is 15.0 Å². The summed E-state index contributed by atoms with van der Waals surface area (Å²) in [4.78, 5) is 2.19. The van der Waals surface area contributed by atoms with Gasteiger partial charge in [-0.1, -0.05) is 6.92 Å². The van der Waals surface area contributed by atoms with E-state index < -0.39 is 0 Å². The Labute approximate surface area is 110 Å². The monoisotopic (exact) mass is 254 g/mol. The van der Waals surface area contributed by atoms with E-state index in [0.717, 1.165) is 37.4 Å². The number of nitrogens with zero attached hydrogens (tertiary/aromatic N) is 3. The predicted octanol–water partition coefficient (Wildman–Crippen LogP) is 1.51. The summed E-state index contributed by atoms with van der Waals surface area (Å²) in [6.45, 7) is 4.12. The molecule has 1 N–H and O–H groups in total. The standard InChI is InChI=1S/C13H26N4O/c1-6-8-17-13(12(18-5)10-15-17)11(14-2)7-9-16(3)4/h10-11,14H,6-9H2,1-5H3. The first kappa shape index (κ1) is 15.0. The highest BCUT2D eigenvalue weighted by Crippen LogP contribution is 2.27. The minimum absolute atomic E-state index is 0.274. The second kappa shape index (κ2) is 7.38. The van der Waals surface area contributed by atoms with E-state index in [1.165, 1.54) is 0 Å². The van der Waals surface area contributed by atoms with Gasteiger partial charge in [-0.2, -0.15) is 5.10 Å². The van der Waals surface area contributed by atoms with Crippen LogP contribution in [0.4, 0.5) is 0 Å². The van der Waals surface area contributed by atoms with Crippen LogP contribution in [0, 0.1) is 0 Å². The van der Waals surface area contributed by atoms with Gasteiger partial charge in [-0.15, -0.1) is 0 Å². The Morgan fingerprint density at radius 2 is 2.22 bits per heavy atom. The summed E-state index contributed by atoms with van der Waals surface area (Å²) in [5.41, 5.74) is 1.16. The highest BCUT2D eigenvalue weighted by Gasteiger charge is 2.20. The molecule has 0 amide bonds. The maximum Gasteiger partial charge on any atom is 0.161 e. The highest BCUT2D eigenvalue weighted by molar-refractivity contribution is 5.28. The largest absolute Gasteiger partial charge is 0.493 e. The molecule has 0 aliphatic heterocycles. The van der Waals surface area contributed by atoms with E-state index in [2.05, 4.69) is 41.0 Å². The van der Waals surface area contributed by atoms with E-state index in [1.54, 1.807) is 7.11 Å². The molecule has 5 nitrogen and oxygen atoms in total. The van der Waals surface area contributed by atoms with E-state index >= 15 is 0 Å². The second-order valence-electron chi connectivity index (χ2n) is 4.75. The number of aromatic nitrogens is 2. The molecule has 1 aromatic rings. The van der Waals surface area contributed by atoms with Crippen LogP contribution in [0.3, 0.4) is 0 Å². The molecule has 0 bridgehead atoms. The van der Waals surface area contributed by atoms with Crippen molar-refractivity contribution in [2.45, 2.75) is 32.4 Å². The van der Waals surface area contributed by atoms with Gasteiger partial charge in [0.2, 0.25) is 0 Å². The fourth-order valence-corrected chi connectivity index (χ4v) is 2.08. The van der Waals surface area contributed by atoms with Crippen LogP contribution in [-0.2, 0) is 6.54 Å². The van der Waals surface area contributed by atoms with Gasteiger partial charge in [-0.05, 0) is 40.5 Å². The van der Waals surface area contributed by atoms with Gasteiger partial charge in [0, 0.05) is 6.54 Å². The van der Waals surface area contributed by atoms with Crippen LogP contribution in [0.5, 0.6) is 5.75 Å². The van der Waals surface area contributed by atoms with Crippen LogP contribution >= 0.6 is 0 Å². The highest BCUT2D eigenvalue weighted by atomic mass is 16.5. The summed E-state index contributed by atoms with van der Waals surface area (Å²) in [5, 5.41) is 7.78. The summed E-state index contributed by atoms with van der Waals surface area (Å²) < 4.78 is 7.48. The third kappa shape index (κ3) is 3.71. The topological polar surface area (TPSA) is 42.3 Å². The molecule has 0 radical (unpaired) electrons. The van der Waals surface area contributed by atoms with Crippen LogP contribution in [0.2, 0.25) is 0 Å². The van der Waals surface area contributed by atoms with Gasteiger partial charge in [0.15, 0.2) is 5.75 Å². The van der Waals surface area contributed by atoms with E-state index in [4.69, 9.17) is 4.74 Å². The molecule has 1 aromatic heterocycles. The zero-order valence-electron chi connectivity index (χ0n) is 12.2. The second-order valence-corrected chi connectivity index (χ2v) is 4.75. The molecule has 1 unspecified atom stereocenters. The minimum atomic E-state index is 0.274. The first-order valence-electron chi connectivity index (χ1n) is 6.55. The zero-order chi connectivity index (χ0) is 13.5. The van der Waals surface area contributed by atoms with E-state index in [9.17, 15) is 0 Å². The molecule has 0 fully saturated rings. The molecule has 18 heavy (non-hydrogen) atoms. The SMILES string of the molecule is CCCn1ncc(OC)c1C(CCN(C)C)NC. The van der Waals surface area contributed by atoms with Crippen LogP contribution in [0.15, 0.2) is 6.20 Å². The quantitative estimate of drug-likeness (QED) is 0.763. The lowest BCUT2D eigenvalue weighted by Crippen LogP contribution is -2.25. The van der Waals surface area contributed by atoms with Gasteiger partial charge in [0.25, 0.3) is 0 Å². The first-order valence-corrected chi connectivity index (χ1v) is 6.55. The molecular formula is C13H26N4O. The molecule has 0 spiro atoms. The number of aryl methyl sites for hydroxylation is 1. The normalized spacial score (nSPS) is 13.0. The van der Waals surface area contributed by atoms with Crippen molar-refractivity contribution < 1.29 is 4.74 Å². The summed E-state index contributed by atoms with van der Waals surface area (Å²) in [7, 11) is 7.87. The molecular weight excluding hydrogens is 228 g/mol. The fraction of sp³-hybridized carbons (Fsp3) is 0.769. The van der Waals surface area contributed by atoms with Crippen molar-refractivity contribution in [2.75, 3.05) is 34.8 Å². The van der Waals surface area contributed by atoms with Crippen LogP contribution < -0.4 is 10.1 Å². The average molecular weight is 254 g/mol. The van der Waals surface area contributed by atoms with Crippen molar-refractivity contribution in [3.63, 3.8) is 0 Å². The van der Waals surface area contributed by atoms with Crippen molar-refractivity contribution in [3.8, 4) is 5.75 Å².